The van der Waals surface area contributed by atoms with Crippen LogP contribution in [0, 0.1) is 0 Å². The number of carbonyl (C=O) groups is 1. The van der Waals surface area contributed by atoms with Crippen molar-refractivity contribution in [2.75, 3.05) is 0 Å². The molecule has 0 aromatic carbocycles. The van der Waals surface area contributed by atoms with Crippen molar-refractivity contribution in [2.24, 2.45) is 0 Å². The van der Waals surface area contributed by atoms with Crippen molar-refractivity contribution in [1.82, 2.24) is 0 Å². The third kappa shape index (κ3) is 9.12. The molecule has 0 aromatic heterocycles. The average Bonchev–Trinajstić information content (AvgIpc) is 2.02. The van der Waals surface area contributed by atoms with Gasteiger partial charge in [-0.3, -0.25) is 4.79 Å². The lowest BCUT2D eigenvalue weighted by molar-refractivity contribution is -0.143. The van der Waals surface area contributed by atoms with Crippen LogP contribution in [0.4, 0.5) is 0 Å². The fraction of sp³-hybridized carbons (Fsp3) is 0.727. The molecule has 0 aliphatic carbocycles. The van der Waals surface area contributed by atoms with Gasteiger partial charge in [0.25, 0.3) is 0 Å². The number of unbranched alkanes of at least 4 members (excludes halogenated alkanes) is 3. The van der Waals surface area contributed by atoms with Crippen LogP contribution >= 0.6 is 0 Å². The van der Waals surface area contributed by atoms with Gasteiger partial charge < -0.3 is 4.74 Å². The molecule has 0 aromatic rings. The normalized spacial score (nSPS) is 13.2. The van der Waals surface area contributed by atoms with Crippen LogP contribution in [0.5, 0.6) is 0 Å². The van der Waals surface area contributed by atoms with Crippen molar-refractivity contribution in [3.63, 3.8) is 0 Å². The molecule has 0 bridgehead atoms. The Hall–Kier alpha value is -0.790. The van der Waals surface area contributed by atoms with Crippen LogP contribution in [0.2, 0.25) is 0 Å². The summed E-state index contributed by atoms with van der Waals surface area (Å²) >= 11 is 0. The summed E-state index contributed by atoms with van der Waals surface area (Å²) in [6.07, 6.45) is 8.76. The van der Waals surface area contributed by atoms with E-state index < -0.39 is 0 Å². The Morgan fingerprint density at radius 3 is 2.69 bits per heavy atom. The van der Waals surface area contributed by atoms with Gasteiger partial charge >= 0.3 is 5.97 Å². The maximum Gasteiger partial charge on any atom is 0.303 e. The maximum absolute atomic E-state index is 10.5. The van der Waals surface area contributed by atoms with Gasteiger partial charge in [-0.15, -0.1) is 0 Å². The standard InChI is InChI=1S/C11H20O2/c1-4-5-6-7-8-9-10(2)13-11(3)12/h8-10H,4-7H2,1-3H3. The number of esters is 1. The van der Waals surface area contributed by atoms with Gasteiger partial charge in [-0.05, 0) is 25.8 Å². The topological polar surface area (TPSA) is 26.3 Å². The number of rotatable bonds is 6. The Bertz CT molecular complexity index is 161. The SMILES string of the molecule is CCCCCC=CC(C)OC(C)=O. The second kappa shape index (κ2) is 7.84. The molecule has 0 saturated heterocycles. The number of hydrogen-bond acceptors (Lipinski definition) is 2. The van der Waals surface area contributed by atoms with E-state index in [2.05, 4.69) is 13.0 Å². The second-order valence-corrected chi connectivity index (χ2v) is 3.24. The zero-order valence-electron chi connectivity index (χ0n) is 8.88. The summed E-state index contributed by atoms with van der Waals surface area (Å²) in [5, 5.41) is 0. The first-order chi connectivity index (χ1) is 6.16. The third-order valence-electron chi connectivity index (χ3n) is 1.73. The fourth-order valence-corrected chi connectivity index (χ4v) is 1.10. The van der Waals surface area contributed by atoms with E-state index in [4.69, 9.17) is 4.74 Å². The fourth-order valence-electron chi connectivity index (χ4n) is 1.10. The third-order valence-corrected chi connectivity index (χ3v) is 1.73. The smallest absolute Gasteiger partial charge is 0.303 e. The Morgan fingerprint density at radius 1 is 1.46 bits per heavy atom. The lowest BCUT2D eigenvalue weighted by atomic mass is 10.2. The molecule has 0 aliphatic heterocycles. The van der Waals surface area contributed by atoms with Crippen LogP contribution in [-0.4, -0.2) is 12.1 Å². The minimum Gasteiger partial charge on any atom is -0.459 e. The molecule has 0 heterocycles. The molecule has 0 radical (unpaired) electrons. The van der Waals surface area contributed by atoms with E-state index in [0.717, 1.165) is 6.42 Å². The Morgan fingerprint density at radius 2 is 2.15 bits per heavy atom. The van der Waals surface area contributed by atoms with Gasteiger partial charge in [-0.1, -0.05) is 25.8 Å². The molecule has 0 amide bonds. The maximum atomic E-state index is 10.5. The van der Waals surface area contributed by atoms with Crippen molar-refractivity contribution in [2.45, 2.75) is 52.6 Å². The van der Waals surface area contributed by atoms with E-state index in [0.29, 0.717) is 0 Å². The Labute approximate surface area is 81.0 Å². The van der Waals surface area contributed by atoms with Gasteiger partial charge in [0.15, 0.2) is 0 Å². The average molecular weight is 184 g/mol. The molecule has 0 saturated carbocycles. The summed E-state index contributed by atoms with van der Waals surface area (Å²) < 4.78 is 4.93. The number of allylic oxidation sites excluding steroid dienone is 1. The molecular weight excluding hydrogens is 164 g/mol. The van der Waals surface area contributed by atoms with Crippen molar-refractivity contribution >= 4 is 5.97 Å². The van der Waals surface area contributed by atoms with E-state index in [1.54, 1.807) is 0 Å². The van der Waals surface area contributed by atoms with Crippen LogP contribution in [0.1, 0.15) is 46.5 Å². The van der Waals surface area contributed by atoms with Gasteiger partial charge in [-0.2, -0.15) is 0 Å². The first-order valence-corrected chi connectivity index (χ1v) is 5.00. The predicted octanol–water partition coefficient (Wildman–Crippen LogP) is 3.07. The molecule has 2 nitrogen and oxygen atoms in total. The highest BCUT2D eigenvalue weighted by Gasteiger charge is 1.98. The van der Waals surface area contributed by atoms with Gasteiger partial charge in [-0.25, -0.2) is 0 Å². The van der Waals surface area contributed by atoms with Crippen LogP contribution in [-0.2, 0) is 9.53 Å². The van der Waals surface area contributed by atoms with Crippen LogP contribution < -0.4 is 0 Å². The van der Waals surface area contributed by atoms with Gasteiger partial charge in [0, 0.05) is 6.92 Å². The molecular formula is C11H20O2. The van der Waals surface area contributed by atoms with Gasteiger partial charge in [0.05, 0.1) is 0 Å². The molecule has 0 rings (SSSR count). The summed E-state index contributed by atoms with van der Waals surface area (Å²) in [4.78, 5) is 10.5. The van der Waals surface area contributed by atoms with Gasteiger partial charge in [0.2, 0.25) is 0 Å². The Kier molecular flexibility index (Phi) is 7.36. The predicted molar refractivity (Wildman–Crippen MR) is 54.5 cm³/mol. The van der Waals surface area contributed by atoms with Crippen LogP contribution in [0.25, 0.3) is 0 Å². The molecule has 0 aliphatic rings. The van der Waals surface area contributed by atoms with Crippen molar-refractivity contribution in [1.29, 1.82) is 0 Å². The zero-order valence-corrected chi connectivity index (χ0v) is 8.88. The molecule has 0 spiro atoms. The molecule has 13 heavy (non-hydrogen) atoms. The quantitative estimate of drug-likeness (QED) is 0.360. The molecule has 2 heteroatoms. The van der Waals surface area contributed by atoms with Crippen LogP contribution in [0.15, 0.2) is 12.2 Å². The monoisotopic (exact) mass is 184 g/mol. The van der Waals surface area contributed by atoms with Crippen molar-refractivity contribution in [3.8, 4) is 0 Å². The Balaban J connectivity index is 3.41. The summed E-state index contributed by atoms with van der Waals surface area (Å²) in [7, 11) is 0. The van der Waals surface area contributed by atoms with E-state index in [9.17, 15) is 4.79 Å². The number of ether oxygens (including phenoxy) is 1. The second-order valence-electron chi connectivity index (χ2n) is 3.24. The summed E-state index contributed by atoms with van der Waals surface area (Å²) in [6.45, 7) is 5.49. The molecule has 1 unspecified atom stereocenters. The van der Waals surface area contributed by atoms with E-state index in [1.807, 2.05) is 13.0 Å². The largest absolute Gasteiger partial charge is 0.459 e. The molecule has 0 fully saturated rings. The summed E-state index contributed by atoms with van der Waals surface area (Å²) in [5.74, 6) is -0.217. The van der Waals surface area contributed by atoms with Gasteiger partial charge in [0.1, 0.15) is 6.10 Å². The van der Waals surface area contributed by atoms with E-state index in [-0.39, 0.29) is 12.1 Å². The van der Waals surface area contributed by atoms with E-state index >= 15 is 0 Å². The highest BCUT2D eigenvalue weighted by Crippen LogP contribution is 2.01. The summed E-state index contributed by atoms with van der Waals surface area (Å²) in [5.41, 5.74) is 0. The highest BCUT2D eigenvalue weighted by molar-refractivity contribution is 5.66. The van der Waals surface area contributed by atoms with Crippen LogP contribution in [0.3, 0.4) is 0 Å². The zero-order chi connectivity index (χ0) is 10.1. The molecule has 1 atom stereocenters. The lowest BCUT2D eigenvalue weighted by Gasteiger charge is -2.05. The first kappa shape index (κ1) is 12.2. The minimum absolute atomic E-state index is 0.0841. The lowest BCUT2D eigenvalue weighted by Crippen LogP contribution is -2.08. The number of hydrogen-bond donors (Lipinski definition) is 0. The van der Waals surface area contributed by atoms with E-state index in [1.165, 1.54) is 26.2 Å². The highest BCUT2D eigenvalue weighted by atomic mass is 16.5. The van der Waals surface area contributed by atoms with Crippen molar-refractivity contribution < 1.29 is 9.53 Å². The molecule has 0 N–H and O–H groups in total. The minimum atomic E-state index is -0.217. The number of carbonyl (C=O) groups excluding carboxylic acids is 1. The summed E-state index contributed by atoms with van der Waals surface area (Å²) in [6, 6.07) is 0. The first-order valence-electron chi connectivity index (χ1n) is 5.00. The molecule has 76 valence electrons. The van der Waals surface area contributed by atoms with Crippen molar-refractivity contribution in [3.05, 3.63) is 12.2 Å².